The van der Waals surface area contributed by atoms with Gasteiger partial charge in [0.05, 0.1) is 12.4 Å². The molecule has 1 aromatic heterocycles. The Balaban J connectivity index is 1.66. The van der Waals surface area contributed by atoms with Crippen LogP contribution >= 0.6 is 0 Å². The van der Waals surface area contributed by atoms with Crippen LogP contribution in [0.2, 0.25) is 0 Å². The van der Waals surface area contributed by atoms with Gasteiger partial charge in [0, 0.05) is 31.9 Å². The van der Waals surface area contributed by atoms with Gasteiger partial charge in [-0.2, -0.15) is 5.26 Å². The van der Waals surface area contributed by atoms with E-state index in [4.69, 9.17) is 5.26 Å². The minimum atomic E-state index is 0.358. The monoisotopic (exact) mass is 279 g/mol. The van der Waals surface area contributed by atoms with E-state index >= 15 is 0 Å². The molecule has 0 atom stereocenters. The third kappa shape index (κ3) is 2.95. The van der Waals surface area contributed by atoms with Crippen molar-refractivity contribution in [3.8, 4) is 6.07 Å². The molecule has 2 aromatic rings. The van der Waals surface area contributed by atoms with Crippen molar-refractivity contribution in [2.45, 2.75) is 6.92 Å². The Bertz CT molecular complexity index is 651. The minimum absolute atomic E-state index is 0.358. The van der Waals surface area contributed by atoms with Gasteiger partial charge in [-0.15, -0.1) is 0 Å². The summed E-state index contributed by atoms with van der Waals surface area (Å²) >= 11 is 0. The maximum atomic E-state index is 8.75. The summed E-state index contributed by atoms with van der Waals surface area (Å²) in [6.07, 6.45) is 3.21. The van der Waals surface area contributed by atoms with Crippen LogP contribution in [0.25, 0.3) is 0 Å². The third-order valence-electron chi connectivity index (χ3n) is 3.72. The second kappa shape index (κ2) is 5.80. The van der Waals surface area contributed by atoms with Gasteiger partial charge in [-0.3, -0.25) is 0 Å². The Hall–Kier alpha value is -2.61. The zero-order valence-electron chi connectivity index (χ0n) is 12.0. The molecule has 1 saturated heterocycles. The first-order chi connectivity index (χ1) is 10.3. The molecule has 1 aromatic carbocycles. The highest BCUT2D eigenvalue weighted by Gasteiger charge is 2.18. The summed E-state index contributed by atoms with van der Waals surface area (Å²) in [5.74, 6) is 0.845. The molecule has 1 fully saturated rings. The highest BCUT2D eigenvalue weighted by Crippen LogP contribution is 2.19. The molecule has 0 N–H and O–H groups in total. The third-order valence-corrected chi connectivity index (χ3v) is 3.72. The number of piperazine rings is 1. The van der Waals surface area contributed by atoms with E-state index in [2.05, 4.69) is 51.0 Å². The van der Waals surface area contributed by atoms with Crippen LogP contribution in [0, 0.1) is 18.3 Å². The lowest BCUT2D eigenvalue weighted by molar-refractivity contribution is 0.646. The molecule has 1 aliphatic rings. The summed E-state index contributed by atoms with van der Waals surface area (Å²) in [6, 6.07) is 10.6. The number of anilines is 2. The molecule has 21 heavy (non-hydrogen) atoms. The molecule has 5 nitrogen and oxygen atoms in total. The Morgan fingerprint density at radius 1 is 1.05 bits per heavy atom. The van der Waals surface area contributed by atoms with Gasteiger partial charge >= 0.3 is 0 Å². The Labute approximate surface area is 124 Å². The van der Waals surface area contributed by atoms with Crippen molar-refractivity contribution in [1.82, 2.24) is 9.97 Å². The van der Waals surface area contributed by atoms with Crippen molar-refractivity contribution in [3.05, 3.63) is 47.9 Å². The number of nitrogens with zero attached hydrogens (tertiary/aromatic N) is 5. The number of benzene rings is 1. The molecule has 0 spiro atoms. The molecule has 3 rings (SSSR count). The Kier molecular flexibility index (Phi) is 3.69. The van der Waals surface area contributed by atoms with Crippen LogP contribution < -0.4 is 9.80 Å². The number of aryl methyl sites for hydroxylation is 1. The van der Waals surface area contributed by atoms with Crippen LogP contribution in [0.3, 0.4) is 0 Å². The molecular formula is C16H17N5. The largest absolute Gasteiger partial charge is 0.368 e. The van der Waals surface area contributed by atoms with Gasteiger partial charge < -0.3 is 9.80 Å². The summed E-state index contributed by atoms with van der Waals surface area (Å²) in [4.78, 5) is 13.0. The maximum Gasteiger partial charge on any atom is 0.158 e. The average Bonchev–Trinajstić information content (AvgIpc) is 2.55. The topological polar surface area (TPSA) is 56.0 Å². The van der Waals surface area contributed by atoms with Crippen LogP contribution in [0.1, 0.15) is 11.3 Å². The minimum Gasteiger partial charge on any atom is -0.368 e. The normalized spacial score (nSPS) is 14.9. The molecule has 1 aliphatic heterocycles. The van der Waals surface area contributed by atoms with Gasteiger partial charge in [0.2, 0.25) is 0 Å². The van der Waals surface area contributed by atoms with E-state index in [0.717, 1.165) is 32.0 Å². The number of rotatable bonds is 2. The number of aromatic nitrogens is 2. The van der Waals surface area contributed by atoms with E-state index in [1.165, 1.54) is 17.4 Å². The SMILES string of the molecule is Cc1cccc(N2CCN(c3cnc(C#N)cn3)CC2)c1. The first-order valence-corrected chi connectivity index (χ1v) is 7.05. The molecule has 0 unspecified atom stereocenters. The van der Waals surface area contributed by atoms with Crippen molar-refractivity contribution in [2.24, 2.45) is 0 Å². The fourth-order valence-corrected chi connectivity index (χ4v) is 2.56. The highest BCUT2D eigenvalue weighted by atomic mass is 15.3. The zero-order chi connectivity index (χ0) is 14.7. The molecule has 0 aliphatic carbocycles. The molecule has 5 heteroatoms. The van der Waals surface area contributed by atoms with Gasteiger partial charge in [-0.05, 0) is 24.6 Å². The molecule has 0 bridgehead atoms. The molecular weight excluding hydrogens is 262 g/mol. The standard InChI is InChI=1S/C16H17N5/c1-13-3-2-4-15(9-13)20-5-7-21(8-6-20)16-12-18-14(10-17)11-19-16/h2-4,9,11-12H,5-8H2,1H3. The summed E-state index contributed by atoms with van der Waals surface area (Å²) in [5, 5.41) is 8.75. The summed E-state index contributed by atoms with van der Waals surface area (Å²) < 4.78 is 0. The van der Waals surface area contributed by atoms with Crippen molar-refractivity contribution in [2.75, 3.05) is 36.0 Å². The summed E-state index contributed by atoms with van der Waals surface area (Å²) in [6.45, 7) is 5.87. The Morgan fingerprint density at radius 3 is 2.43 bits per heavy atom. The zero-order valence-corrected chi connectivity index (χ0v) is 12.0. The number of hydrogen-bond donors (Lipinski definition) is 0. The van der Waals surface area contributed by atoms with Crippen molar-refractivity contribution in [1.29, 1.82) is 5.26 Å². The lowest BCUT2D eigenvalue weighted by Crippen LogP contribution is -2.46. The first-order valence-electron chi connectivity index (χ1n) is 7.05. The van der Waals surface area contributed by atoms with Crippen LogP contribution in [0.5, 0.6) is 0 Å². The number of nitriles is 1. The van der Waals surface area contributed by atoms with Gasteiger partial charge in [0.1, 0.15) is 11.9 Å². The quantitative estimate of drug-likeness (QED) is 0.841. The predicted molar refractivity (Wildman–Crippen MR) is 82.4 cm³/mol. The molecule has 0 amide bonds. The molecule has 0 radical (unpaired) electrons. The smallest absolute Gasteiger partial charge is 0.158 e. The van der Waals surface area contributed by atoms with Crippen LogP contribution in [-0.2, 0) is 0 Å². The second-order valence-electron chi connectivity index (χ2n) is 5.18. The second-order valence-corrected chi connectivity index (χ2v) is 5.18. The number of hydrogen-bond acceptors (Lipinski definition) is 5. The van der Waals surface area contributed by atoms with E-state index in [-0.39, 0.29) is 0 Å². The van der Waals surface area contributed by atoms with E-state index in [1.54, 1.807) is 6.20 Å². The van der Waals surface area contributed by atoms with Gasteiger partial charge in [-0.1, -0.05) is 12.1 Å². The molecule has 106 valence electrons. The maximum absolute atomic E-state index is 8.75. The Morgan fingerprint density at radius 2 is 1.81 bits per heavy atom. The van der Waals surface area contributed by atoms with Crippen LogP contribution in [0.4, 0.5) is 11.5 Å². The van der Waals surface area contributed by atoms with Crippen LogP contribution in [-0.4, -0.2) is 36.1 Å². The molecule has 2 heterocycles. The van der Waals surface area contributed by atoms with Crippen molar-refractivity contribution < 1.29 is 0 Å². The average molecular weight is 279 g/mol. The van der Waals surface area contributed by atoms with E-state index < -0.39 is 0 Å². The summed E-state index contributed by atoms with van der Waals surface area (Å²) in [5.41, 5.74) is 2.92. The van der Waals surface area contributed by atoms with Gasteiger partial charge in [-0.25, -0.2) is 9.97 Å². The van der Waals surface area contributed by atoms with E-state index in [1.807, 2.05) is 6.07 Å². The van der Waals surface area contributed by atoms with Gasteiger partial charge in [0.15, 0.2) is 5.69 Å². The van der Waals surface area contributed by atoms with Crippen molar-refractivity contribution >= 4 is 11.5 Å². The lowest BCUT2D eigenvalue weighted by Gasteiger charge is -2.36. The van der Waals surface area contributed by atoms with Crippen molar-refractivity contribution in [3.63, 3.8) is 0 Å². The fraction of sp³-hybridized carbons (Fsp3) is 0.312. The first kappa shape index (κ1) is 13.4. The lowest BCUT2D eigenvalue weighted by atomic mass is 10.2. The predicted octanol–water partition coefficient (Wildman–Crippen LogP) is 1.98. The highest BCUT2D eigenvalue weighted by molar-refractivity contribution is 5.50. The van der Waals surface area contributed by atoms with Crippen LogP contribution in [0.15, 0.2) is 36.7 Å². The van der Waals surface area contributed by atoms with E-state index in [9.17, 15) is 0 Å². The molecule has 0 saturated carbocycles. The summed E-state index contributed by atoms with van der Waals surface area (Å²) in [7, 11) is 0. The van der Waals surface area contributed by atoms with Gasteiger partial charge in [0.25, 0.3) is 0 Å². The van der Waals surface area contributed by atoms with E-state index in [0.29, 0.717) is 5.69 Å². The fourth-order valence-electron chi connectivity index (χ4n) is 2.56.